The maximum atomic E-state index is 3.87. The van der Waals surface area contributed by atoms with Crippen molar-refractivity contribution in [2.24, 2.45) is 5.92 Å². The molecular weight excluding hydrogens is 206 g/mol. The molecule has 17 heavy (non-hydrogen) atoms. The van der Waals surface area contributed by atoms with Gasteiger partial charge in [0.25, 0.3) is 0 Å². The molecule has 0 aromatic heterocycles. The van der Waals surface area contributed by atoms with Gasteiger partial charge in [-0.25, -0.2) is 0 Å². The van der Waals surface area contributed by atoms with E-state index in [4.69, 9.17) is 0 Å². The van der Waals surface area contributed by atoms with Crippen molar-refractivity contribution in [3.05, 3.63) is 35.4 Å². The molecule has 0 amide bonds. The van der Waals surface area contributed by atoms with Crippen LogP contribution in [0.15, 0.2) is 24.3 Å². The van der Waals surface area contributed by atoms with Crippen molar-refractivity contribution in [3.63, 3.8) is 0 Å². The molecule has 0 spiro atoms. The number of aryl methyl sites for hydroxylation is 1. The lowest BCUT2D eigenvalue weighted by molar-refractivity contribution is 0.440. The molecule has 0 aliphatic heterocycles. The molecule has 3 rings (SSSR count). The van der Waals surface area contributed by atoms with E-state index < -0.39 is 0 Å². The first kappa shape index (κ1) is 11.3. The average Bonchev–Trinajstić information content (AvgIpc) is 3.08. The summed E-state index contributed by atoms with van der Waals surface area (Å²) in [5.41, 5.74) is 3.15. The van der Waals surface area contributed by atoms with Crippen LogP contribution in [0.2, 0.25) is 0 Å². The van der Waals surface area contributed by atoms with E-state index in [-0.39, 0.29) is 0 Å². The first-order chi connectivity index (χ1) is 8.36. The highest BCUT2D eigenvalue weighted by molar-refractivity contribution is 5.30. The second-order valence-electron chi connectivity index (χ2n) is 5.77. The summed E-state index contributed by atoms with van der Waals surface area (Å²) in [7, 11) is 0. The van der Waals surface area contributed by atoms with Gasteiger partial charge in [0, 0.05) is 12.1 Å². The molecule has 1 fully saturated rings. The topological polar surface area (TPSA) is 12.0 Å². The Kier molecular flexibility index (Phi) is 3.19. The molecule has 1 nitrogen and oxygen atoms in total. The Morgan fingerprint density at radius 3 is 2.88 bits per heavy atom. The minimum Gasteiger partial charge on any atom is -0.311 e. The number of hydrogen-bond acceptors (Lipinski definition) is 1. The molecule has 0 saturated heterocycles. The number of rotatable bonds is 4. The van der Waals surface area contributed by atoms with Gasteiger partial charge in [0.2, 0.25) is 0 Å². The minimum atomic E-state index is 0.733. The van der Waals surface area contributed by atoms with Crippen LogP contribution < -0.4 is 5.32 Å². The summed E-state index contributed by atoms with van der Waals surface area (Å²) in [5.74, 6) is 0.983. The normalized spacial score (nSPS) is 31.0. The molecule has 2 aliphatic carbocycles. The van der Waals surface area contributed by atoms with Gasteiger partial charge < -0.3 is 5.32 Å². The van der Waals surface area contributed by atoms with E-state index in [0.29, 0.717) is 0 Å². The Morgan fingerprint density at radius 2 is 2.06 bits per heavy atom. The summed E-state index contributed by atoms with van der Waals surface area (Å²) in [6.07, 6.45) is 8.01. The number of fused-ring (bicyclic) bond motifs is 1. The monoisotopic (exact) mass is 229 g/mol. The van der Waals surface area contributed by atoms with Crippen molar-refractivity contribution < 1.29 is 0 Å². The molecule has 3 atom stereocenters. The molecular formula is C16H23N. The highest BCUT2D eigenvalue weighted by Crippen LogP contribution is 2.36. The van der Waals surface area contributed by atoms with Crippen molar-refractivity contribution in [1.82, 2.24) is 5.32 Å². The predicted octanol–water partition coefficient (Wildman–Crippen LogP) is 3.32. The zero-order valence-electron chi connectivity index (χ0n) is 10.8. The second kappa shape index (κ2) is 4.81. The molecule has 1 heteroatoms. The number of benzene rings is 1. The molecule has 1 aromatic carbocycles. The highest BCUT2D eigenvalue weighted by atomic mass is 15.0. The van der Waals surface area contributed by atoms with Gasteiger partial charge in [-0.05, 0) is 49.1 Å². The van der Waals surface area contributed by atoms with Crippen LogP contribution in [0.5, 0.6) is 0 Å². The lowest BCUT2D eigenvalue weighted by Crippen LogP contribution is -2.36. The van der Waals surface area contributed by atoms with Gasteiger partial charge in [-0.1, -0.05) is 37.6 Å². The molecule has 0 bridgehead atoms. The summed E-state index contributed by atoms with van der Waals surface area (Å²) in [5, 5.41) is 3.87. The van der Waals surface area contributed by atoms with Gasteiger partial charge in [0.05, 0.1) is 0 Å². The lowest BCUT2D eigenvalue weighted by Gasteiger charge is -2.25. The predicted molar refractivity (Wildman–Crippen MR) is 72.2 cm³/mol. The average molecular weight is 229 g/mol. The van der Waals surface area contributed by atoms with Gasteiger partial charge in [-0.2, -0.15) is 0 Å². The standard InChI is InChI=1S/C16H23N/c1-2-5-14-11-16(14)17-15-9-8-12-6-3-4-7-13(12)10-15/h3-4,6-7,14-17H,2,5,8-11H2,1H3. The Balaban J connectivity index is 1.55. The van der Waals surface area contributed by atoms with E-state index in [0.717, 1.165) is 18.0 Å². The van der Waals surface area contributed by atoms with E-state index in [2.05, 4.69) is 36.5 Å². The fraction of sp³-hybridized carbons (Fsp3) is 0.625. The van der Waals surface area contributed by atoms with Crippen LogP contribution in [0.3, 0.4) is 0 Å². The summed E-state index contributed by atoms with van der Waals surface area (Å²) in [6, 6.07) is 10.5. The maximum absolute atomic E-state index is 3.87. The van der Waals surface area contributed by atoms with Crippen molar-refractivity contribution in [2.45, 2.75) is 57.5 Å². The van der Waals surface area contributed by atoms with E-state index in [1.807, 2.05) is 0 Å². The number of hydrogen-bond donors (Lipinski definition) is 1. The molecule has 92 valence electrons. The van der Waals surface area contributed by atoms with E-state index in [9.17, 15) is 0 Å². The van der Waals surface area contributed by atoms with Crippen LogP contribution in [0, 0.1) is 5.92 Å². The highest BCUT2D eigenvalue weighted by Gasteiger charge is 2.37. The van der Waals surface area contributed by atoms with Crippen LogP contribution in [0.4, 0.5) is 0 Å². The van der Waals surface area contributed by atoms with Crippen LogP contribution in [-0.4, -0.2) is 12.1 Å². The van der Waals surface area contributed by atoms with Crippen molar-refractivity contribution in [3.8, 4) is 0 Å². The van der Waals surface area contributed by atoms with Crippen LogP contribution in [-0.2, 0) is 12.8 Å². The SMILES string of the molecule is CCCC1CC1NC1CCc2ccccc2C1. The van der Waals surface area contributed by atoms with E-state index >= 15 is 0 Å². The third-order valence-corrected chi connectivity index (χ3v) is 4.38. The first-order valence-corrected chi connectivity index (χ1v) is 7.19. The van der Waals surface area contributed by atoms with Crippen molar-refractivity contribution in [1.29, 1.82) is 0 Å². The first-order valence-electron chi connectivity index (χ1n) is 7.19. The van der Waals surface area contributed by atoms with Crippen LogP contribution >= 0.6 is 0 Å². The minimum absolute atomic E-state index is 0.733. The van der Waals surface area contributed by atoms with Gasteiger partial charge >= 0.3 is 0 Å². The smallest absolute Gasteiger partial charge is 0.0113 e. The Hall–Kier alpha value is -0.820. The zero-order chi connectivity index (χ0) is 11.7. The zero-order valence-corrected chi connectivity index (χ0v) is 10.8. The van der Waals surface area contributed by atoms with E-state index in [1.165, 1.54) is 38.5 Å². The van der Waals surface area contributed by atoms with E-state index in [1.54, 1.807) is 11.1 Å². The van der Waals surface area contributed by atoms with Gasteiger partial charge in [0.1, 0.15) is 0 Å². The van der Waals surface area contributed by atoms with Gasteiger partial charge in [0.15, 0.2) is 0 Å². The lowest BCUT2D eigenvalue weighted by atomic mass is 9.88. The molecule has 1 N–H and O–H groups in total. The fourth-order valence-corrected chi connectivity index (χ4v) is 3.28. The molecule has 1 aromatic rings. The summed E-state index contributed by atoms with van der Waals surface area (Å²) >= 11 is 0. The molecule has 0 radical (unpaired) electrons. The van der Waals surface area contributed by atoms with Gasteiger partial charge in [-0.3, -0.25) is 0 Å². The van der Waals surface area contributed by atoms with Gasteiger partial charge in [-0.15, -0.1) is 0 Å². The molecule has 1 saturated carbocycles. The molecule has 2 aliphatic rings. The number of nitrogens with one attached hydrogen (secondary N) is 1. The quantitative estimate of drug-likeness (QED) is 0.835. The summed E-state index contributed by atoms with van der Waals surface area (Å²) in [6.45, 7) is 2.30. The Labute approximate surface area is 105 Å². The Bertz CT molecular complexity index is 385. The van der Waals surface area contributed by atoms with Crippen molar-refractivity contribution >= 4 is 0 Å². The fourth-order valence-electron chi connectivity index (χ4n) is 3.28. The van der Waals surface area contributed by atoms with Crippen molar-refractivity contribution in [2.75, 3.05) is 0 Å². The van der Waals surface area contributed by atoms with Crippen LogP contribution in [0.25, 0.3) is 0 Å². The third kappa shape index (κ3) is 2.55. The largest absolute Gasteiger partial charge is 0.311 e. The molecule has 0 heterocycles. The third-order valence-electron chi connectivity index (χ3n) is 4.38. The summed E-state index contributed by atoms with van der Waals surface area (Å²) in [4.78, 5) is 0. The second-order valence-corrected chi connectivity index (χ2v) is 5.77. The van der Waals surface area contributed by atoms with Crippen LogP contribution in [0.1, 0.15) is 43.7 Å². The Morgan fingerprint density at radius 1 is 1.24 bits per heavy atom. The molecule has 3 unspecified atom stereocenters. The maximum Gasteiger partial charge on any atom is 0.0113 e. The summed E-state index contributed by atoms with van der Waals surface area (Å²) < 4.78 is 0.